The van der Waals surface area contributed by atoms with Crippen molar-refractivity contribution in [3.8, 4) is 5.75 Å². The lowest BCUT2D eigenvalue weighted by atomic mass is 10.1. The Morgan fingerprint density at radius 1 is 1.07 bits per heavy atom. The van der Waals surface area contributed by atoms with Crippen LogP contribution in [0.25, 0.3) is 11.0 Å². The number of hydrogen-bond acceptors (Lipinski definition) is 5. The summed E-state index contributed by atoms with van der Waals surface area (Å²) in [6, 6.07) is 12.1. The van der Waals surface area contributed by atoms with E-state index in [-0.39, 0.29) is 5.43 Å². The molecule has 1 saturated heterocycles. The monoisotopic (exact) mass is 378 g/mol. The van der Waals surface area contributed by atoms with E-state index < -0.39 is 0 Å². The Bertz CT molecular complexity index is 1050. The fourth-order valence-electron chi connectivity index (χ4n) is 4.02. The summed E-state index contributed by atoms with van der Waals surface area (Å²) < 4.78 is 11.3. The normalized spacial score (nSPS) is 15.2. The van der Waals surface area contributed by atoms with Crippen LogP contribution in [0.2, 0.25) is 0 Å². The van der Waals surface area contributed by atoms with Gasteiger partial charge in [-0.1, -0.05) is 18.2 Å². The van der Waals surface area contributed by atoms with Gasteiger partial charge in [0.25, 0.3) is 0 Å². The van der Waals surface area contributed by atoms with Crippen molar-refractivity contribution in [2.45, 2.75) is 20.4 Å². The standard InChI is InChI=1S/C23H26N2O3/c1-16-12-17(2)23-19(13-16)22(26)18(15-28-23)14-24-8-10-25(11-9-24)20-6-4-5-7-21(20)27-3/h4-7,12-13,15H,8-11,14H2,1-3H3. The van der Waals surface area contributed by atoms with Crippen LogP contribution in [0.15, 0.2) is 51.9 Å². The number of methoxy groups -OCH3 is 1. The van der Waals surface area contributed by atoms with Crippen molar-refractivity contribution in [1.82, 2.24) is 4.90 Å². The molecule has 5 nitrogen and oxygen atoms in total. The molecule has 1 aliphatic heterocycles. The third-order valence-electron chi connectivity index (χ3n) is 5.47. The summed E-state index contributed by atoms with van der Waals surface area (Å²) in [6.07, 6.45) is 1.64. The zero-order chi connectivity index (χ0) is 19.7. The van der Waals surface area contributed by atoms with Gasteiger partial charge in [0, 0.05) is 38.3 Å². The Labute approximate surface area is 165 Å². The third-order valence-corrected chi connectivity index (χ3v) is 5.47. The summed E-state index contributed by atoms with van der Waals surface area (Å²) in [6.45, 7) is 8.19. The van der Waals surface area contributed by atoms with E-state index in [0.717, 1.165) is 54.3 Å². The highest BCUT2D eigenvalue weighted by atomic mass is 16.5. The van der Waals surface area contributed by atoms with Crippen LogP contribution in [0, 0.1) is 13.8 Å². The van der Waals surface area contributed by atoms with Gasteiger partial charge in [0.05, 0.1) is 24.4 Å². The van der Waals surface area contributed by atoms with E-state index in [4.69, 9.17) is 9.15 Å². The second-order valence-corrected chi connectivity index (χ2v) is 7.48. The summed E-state index contributed by atoms with van der Waals surface area (Å²) >= 11 is 0. The Kier molecular flexibility index (Phi) is 5.09. The van der Waals surface area contributed by atoms with Crippen LogP contribution in [0.1, 0.15) is 16.7 Å². The molecule has 1 aromatic heterocycles. The molecule has 0 spiro atoms. The van der Waals surface area contributed by atoms with E-state index in [0.29, 0.717) is 17.5 Å². The smallest absolute Gasteiger partial charge is 0.197 e. The van der Waals surface area contributed by atoms with Gasteiger partial charge in [-0.05, 0) is 43.2 Å². The first-order chi connectivity index (χ1) is 13.6. The van der Waals surface area contributed by atoms with E-state index >= 15 is 0 Å². The Morgan fingerprint density at radius 2 is 1.82 bits per heavy atom. The minimum Gasteiger partial charge on any atom is -0.495 e. The van der Waals surface area contributed by atoms with Crippen LogP contribution in [0.3, 0.4) is 0 Å². The Hall–Kier alpha value is -2.79. The number of ether oxygens (including phenoxy) is 1. The molecule has 0 aliphatic carbocycles. The largest absolute Gasteiger partial charge is 0.495 e. The summed E-state index contributed by atoms with van der Waals surface area (Å²) in [5, 5.41) is 0.683. The first-order valence-corrected chi connectivity index (χ1v) is 9.69. The summed E-state index contributed by atoms with van der Waals surface area (Å²) in [5.74, 6) is 0.900. The van der Waals surface area contributed by atoms with Gasteiger partial charge in [-0.25, -0.2) is 0 Å². The predicted octanol–water partition coefficient (Wildman–Crippen LogP) is 3.74. The molecule has 2 heterocycles. The van der Waals surface area contributed by atoms with Crippen molar-refractivity contribution in [3.05, 3.63) is 69.6 Å². The lowest BCUT2D eigenvalue weighted by Gasteiger charge is -2.36. The van der Waals surface area contributed by atoms with Crippen molar-refractivity contribution in [2.24, 2.45) is 0 Å². The second kappa shape index (κ2) is 7.68. The molecule has 1 fully saturated rings. The number of piperazine rings is 1. The molecular formula is C23H26N2O3. The molecule has 28 heavy (non-hydrogen) atoms. The molecule has 0 atom stereocenters. The highest BCUT2D eigenvalue weighted by molar-refractivity contribution is 5.80. The molecule has 0 radical (unpaired) electrons. The van der Waals surface area contributed by atoms with E-state index in [1.165, 1.54) is 0 Å². The van der Waals surface area contributed by atoms with Gasteiger partial charge in [0.2, 0.25) is 0 Å². The number of anilines is 1. The second-order valence-electron chi connectivity index (χ2n) is 7.48. The van der Waals surface area contributed by atoms with Crippen molar-refractivity contribution in [1.29, 1.82) is 0 Å². The molecule has 146 valence electrons. The quantitative estimate of drug-likeness (QED) is 0.692. The highest BCUT2D eigenvalue weighted by Gasteiger charge is 2.21. The van der Waals surface area contributed by atoms with Crippen molar-refractivity contribution < 1.29 is 9.15 Å². The van der Waals surface area contributed by atoms with E-state index in [1.54, 1.807) is 13.4 Å². The van der Waals surface area contributed by atoms with Gasteiger partial charge in [0.1, 0.15) is 11.3 Å². The average molecular weight is 378 g/mol. The van der Waals surface area contributed by atoms with Crippen LogP contribution < -0.4 is 15.1 Å². The van der Waals surface area contributed by atoms with Crippen LogP contribution in [0.4, 0.5) is 5.69 Å². The van der Waals surface area contributed by atoms with Gasteiger partial charge >= 0.3 is 0 Å². The van der Waals surface area contributed by atoms with Gasteiger partial charge in [-0.3, -0.25) is 9.69 Å². The molecular weight excluding hydrogens is 352 g/mol. The molecule has 1 aliphatic rings. The first kappa shape index (κ1) is 18.6. The van der Waals surface area contributed by atoms with Crippen molar-refractivity contribution in [3.63, 3.8) is 0 Å². The highest BCUT2D eigenvalue weighted by Crippen LogP contribution is 2.28. The summed E-state index contributed by atoms with van der Waals surface area (Å²) in [5.41, 5.74) is 4.72. The lowest BCUT2D eigenvalue weighted by Crippen LogP contribution is -2.46. The average Bonchev–Trinajstić information content (AvgIpc) is 2.71. The number of benzene rings is 2. The Balaban J connectivity index is 1.49. The fourth-order valence-corrected chi connectivity index (χ4v) is 4.02. The topological polar surface area (TPSA) is 45.9 Å². The van der Waals surface area contributed by atoms with Crippen LogP contribution in [0.5, 0.6) is 5.75 Å². The maximum Gasteiger partial charge on any atom is 0.197 e. The number of fused-ring (bicyclic) bond motifs is 1. The third kappa shape index (κ3) is 3.50. The molecule has 5 heteroatoms. The van der Waals surface area contributed by atoms with Gasteiger partial charge < -0.3 is 14.1 Å². The van der Waals surface area contributed by atoms with Crippen molar-refractivity contribution >= 4 is 16.7 Å². The minimum atomic E-state index is 0.0835. The molecule has 3 aromatic rings. The predicted molar refractivity (Wildman–Crippen MR) is 112 cm³/mol. The van der Waals surface area contributed by atoms with E-state index in [2.05, 4.69) is 15.9 Å². The first-order valence-electron chi connectivity index (χ1n) is 9.69. The molecule has 0 bridgehead atoms. The van der Waals surface area contributed by atoms with Crippen LogP contribution in [-0.4, -0.2) is 38.2 Å². The maximum atomic E-state index is 13.0. The number of rotatable bonds is 4. The van der Waals surface area contributed by atoms with Gasteiger partial charge in [0.15, 0.2) is 5.43 Å². The lowest BCUT2D eigenvalue weighted by molar-refractivity contribution is 0.247. The molecule has 0 saturated carbocycles. The zero-order valence-electron chi connectivity index (χ0n) is 16.7. The number of hydrogen-bond donors (Lipinski definition) is 0. The molecule has 0 amide bonds. The maximum absolute atomic E-state index is 13.0. The van der Waals surface area contributed by atoms with E-state index in [9.17, 15) is 4.79 Å². The number of para-hydroxylation sites is 2. The fraction of sp³-hybridized carbons (Fsp3) is 0.348. The number of aryl methyl sites for hydroxylation is 2. The van der Waals surface area contributed by atoms with Crippen LogP contribution >= 0.6 is 0 Å². The minimum absolute atomic E-state index is 0.0835. The van der Waals surface area contributed by atoms with E-state index in [1.807, 2.05) is 44.2 Å². The zero-order valence-corrected chi connectivity index (χ0v) is 16.7. The van der Waals surface area contributed by atoms with Gasteiger partial charge in [-0.2, -0.15) is 0 Å². The molecule has 0 unspecified atom stereocenters. The molecule has 4 rings (SSSR count). The molecule has 0 N–H and O–H groups in total. The summed E-state index contributed by atoms with van der Waals surface area (Å²) in [4.78, 5) is 17.6. The van der Waals surface area contributed by atoms with Crippen LogP contribution in [-0.2, 0) is 6.54 Å². The molecule has 2 aromatic carbocycles. The van der Waals surface area contributed by atoms with Gasteiger partial charge in [-0.15, -0.1) is 0 Å². The number of nitrogens with zero attached hydrogens (tertiary/aromatic N) is 2. The van der Waals surface area contributed by atoms with Crippen molar-refractivity contribution in [2.75, 3.05) is 38.2 Å². The summed E-state index contributed by atoms with van der Waals surface area (Å²) in [7, 11) is 1.71. The Morgan fingerprint density at radius 3 is 2.57 bits per heavy atom. The SMILES string of the molecule is COc1ccccc1N1CCN(Cc2coc3c(C)cc(C)cc3c2=O)CC1.